The largest absolute Gasteiger partial charge is 0.479 e. The number of nitrogens with two attached hydrogens (primary N) is 1. The summed E-state index contributed by atoms with van der Waals surface area (Å²) in [7, 11) is 1.59. The van der Waals surface area contributed by atoms with Crippen LogP contribution < -0.4 is 10.5 Å². The summed E-state index contributed by atoms with van der Waals surface area (Å²) in [5.74, 6) is 1.00. The summed E-state index contributed by atoms with van der Waals surface area (Å²) in [4.78, 5) is 15.5. The Morgan fingerprint density at radius 2 is 2.10 bits per heavy atom. The summed E-state index contributed by atoms with van der Waals surface area (Å²) >= 11 is 0. The Labute approximate surface area is 123 Å². The zero-order chi connectivity index (χ0) is 14.4. The molecule has 0 amide bonds. The number of methoxy groups -OCH3 is 1. The second kappa shape index (κ2) is 4.84. The maximum Gasteiger partial charge on any atom is 0.245 e. The molecule has 0 radical (unpaired) electrons. The molecule has 2 N–H and O–H groups in total. The fourth-order valence-electron chi connectivity index (χ4n) is 3.90. The molecule has 0 aromatic carbocycles. The van der Waals surface area contributed by atoms with Crippen molar-refractivity contribution in [3.63, 3.8) is 0 Å². The minimum absolute atomic E-state index is 0.356. The molecule has 21 heavy (non-hydrogen) atoms. The molecule has 2 unspecified atom stereocenters. The van der Waals surface area contributed by atoms with Crippen molar-refractivity contribution >= 4 is 17.1 Å². The lowest BCUT2D eigenvalue weighted by atomic mass is 9.99. The number of nitrogens with zero attached hydrogens (tertiary/aromatic N) is 5. The van der Waals surface area contributed by atoms with Crippen molar-refractivity contribution in [2.24, 2.45) is 0 Å². The van der Waals surface area contributed by atoms with Crippen LogP contribution in [-0.2, 0) is 0 Å². The highest BCUT2D eigenvalue weighted by Crippen LogP contribution is 2.38. The van der Waals surface area contributed by atoms with Crippen LogP contribution in [0.1, 0.15) is 31.7 Å². The van der Waals surface area contributed by atoms with Crippen molar-refractivity contribution in [1.82, 2.24) is 24.4 Å². The van der Waals surface area contributed by atoms with Gasteiger partial charge in [-0.2, -0.15) is 4.98 Å². The molecule has 0 saturated carbocycles. The Morgan fingerprint density at radius 1 is 1.19 bits per heavy atom. The first-order valence-electron chi connectivity index (χ1n) is 7.56. The molecule has 4 rings (SSSR count). The number of aromatic nitrogens is 4. The lowest BCUT2D eigenvalue weighted by molar-refractivity contribution is 0.175. The average Bonchev–Trinajstić information content (AvgIpc) is 3.06. The molecule has 2 saturated heterocycles. The summed E-state index contributed by atoms with van der Waals surface area (Å²) in [6, 6.07) is 0.911. The van der Waals surface area contributed by atoms with E-state index in [9.17, 15) is 0 Å². The molecule has 2 aromatic rings. The van der Waals surface area contributed by atoms with E-state index >= 15 is 0 Å². The molecule has 2 aromatic heterocycles. The molecule has 0 aliphatic carbocycles. The normalized spacial score (nSPS) is 26.1. The van der Waals surface area contributed by atoms with Crippen molar-refractivity contribution in [1.29, 1.82) is 0 Å². The number of nitrogen functional groups attached to an aromatic ring is 1. The molecule has 4 heterocycles. The van der Waals surface area contributed by atoms with Gasteiger partial charge in [0.25, 0.3) is 0 Å². The van der Waals surface area contributed by atoms with E-state index in [0.29, 0.717) is 29.4 Å². The first-order valence-corrected chi connectivity index (χ1v) is 7.56. The van der Waals surface area contributed by atoms with Crippen molar-refractivity contribution in [2.75, 3.05) is 25.9 Å². The Bertz CT molecular complexity index is 669. The summed E-state index contributed by atoms with van der Waals surface area (Å²) in [5, 5.41) is 0. The van der Waals surface area contributed by atoms with Gasteiger partial charge in [0.1, 0.15) is 6.33 Å². The van der Waals surface area contributed by atoms with Gasteiger partial charge in [-0.15, -0.1) is 0 Å². The number of piperidine rings is 1. The number of anilines is 1. The second-order valence-electron chi connectivity index (χ2n) is 5.85. The summed E-state index contributed by atoms with van der Waals surface area (Å²) in [6.07, 6.45) is 6.45. The third-order valence-electron chi connectivity index (χ3n) is 4.82. The van der Waals surface area contributed by atoms with E-state index in [1.807, 2.05) is 0 Å². The van der Waals surface area contributed by atoms with E-state index in [-0.39, 0.29) is 0 Å². The average molecular weight is 288 g/mol. The summed E-state index contributed by atoms with van der Waals surface area (Å²) in [6.45, 7) is 2.34. The molecule has 2 atom stereocenters. The van der Waals surface area contributed by atoms with Gasteiger partial charge in [-0.25, -0.2) is 9.97 Å². The minimum Gasteiger partial charge on any atom is -0.479 e. The number of ether oxygens (including phenoxy) is 1. The monoisotopic (exact) mass is 288 g/mol. The van der Waals surface area contributed by atoms with E-state index < -0.39 is 0 Å². The SMILES string of the molecule is COc1ncnc2c1nc(N)n2C1CCN2CCCCC12. The molecule has 0 spiro atoms. The van der Waals surface area contributed by atoms with Crippen molar-refractivity contribution in [3.05, 3.63) is 6.33 Å². The molecular formula is C14H20N6O. The number of fused-ring (bicyclic) bond motifs is 2. The van der Waals surface area contributed by atoms with E-state index in [1.165, 1.54) is 32.1 Å². The fraction of sp³-hybridized carbons (Fsp3) is 0.643. The Kier molecular flexibility index (Phi) is 2.95. The minimum atomic E-state index is 0.356. The van der Waals surface area contributed by atoms with Crippen molar-refractivity contribution in [3.8, 4) is 5.88 Å². The van der Waals surface area contributed by atoms with Crippen LogP contribution in [0.4, 0.5) is 5.95 Å². The maximum atomic E-state index is 6.19. The predicted octanol–water partition coefficient (Wildman–Crippen LogP) is 1.22. The second-order valence-corrected chi connectivity index (χ2v) is 5.85. The van der Waals surface area contributed by atoms with Crippen LogP contribution in [0, 0.1) is 0 Å². The smallest absolute Gasteiger partial charge is 0.245 e. The molecule has 2 fully saturated rings. The highest BCUT2D eigenvalue weighted by Gasteiger charge is 2.38. The fourth-order valence-corrected chi connectivity index (χ4v) is 3.90. The molecular weight excluding hydrogens is 268 g/mol. The van der Waals surface area contributed by atoms with Gasteiger partial charge < -0.3 is 10.5 Å². The highest BCUT2D eigenvalue weighted by atomic mass is 16.5. The van der Waals surface area contributed by atoms with Crippen LogP contribution in [0.25, 0.3) is 11.2 Å². The van der Waals surface area contributed by atoms with Crippen LogP contribution in [0.2, 0.25) is 0 Å². The summed E-state index contributed by atoms with van der Waals surface area (Å²) < 4.78 is 7.36. The number of imidazole rings is 1. The third kappa shape index (κ3) is 1.87. The number of rotatable bonds is 2. The molecule has 112 valence electrons. The summed E-state index contributed by atoms with van der Waals surface area (Å²) in [5.41, 5.74) is 7.64. The quantitative estimate of drug-likeness (QED) is 0.894. The third-order valence-corrected chi connectivity index (χ3v) is 4.82. The van der Waals surface area contributed by atoms with E-state index in [0.717, 1.165) is 18.6 Å². The van der Waals surface area contributed by atoms with Gasteiger partial charge in [-0.05, 0) is 25.8 Å². The number of hydrogen-bond acceptors (Lipinski definition) is 6. The standard InChI is InChI=1S/C14H20N6O/c1-21-13-11-12(16-8-17-13)20(14(15)18-11)10-5-7-19-6-3-2-4-9(10)19/h8-10H,2-7H2,1H3,(H2,15,18). The van der Waals surface area contributed by atoms with Gasteiger partial charge >= 0.3 is 0 Å². The Morgan fingerprint density at radius 3 is 2.95 bits per heavy atom. The molecule has 2 aliphatic rings. The predicted molar refractivity (Wildman–Crippen MR) is 79.2 cm³/mol. The van der Waals surface area contributed by atoms with Gasteiger partial charge in [0, 0.05) is 12.6 Å². The molecule has 7 heteroatoms. The van der Waals surface area contributed by atoms with Crippen LogP contribution in [0.5, 0.6) is 5.88 Å². The lowest BCUT2D eigenvalue weighted by Crippen LogP contribution is -2.38. The van der Waals surface area contributed by atoms with Crippen molar-refractivity contribution in [2.45, 2.75) is 37.8 Å². The van der Waals surface area contributed by atoms with E-state index in [4.69, 9.17) is 10.5 Å². The highest BCUT2D eigenvalue weighted by molar-refractivity contribution is 5.79. The van der Waals surface area contributed by atoms with Crippen LogP contribution in [0.15, 0.2) is 6.33 Å². The van der Waals surface area contributed by atoms with Crippen molar-refractivity contribution < 1.29 is 4.74 Å². The molecule has 0 bridgehead atoms. The van der Waals surface area contributed by atoms with E-state index in [2.05, 4.69) is 24.4 Å². The first kappa shape index (κ1) is 12.8. The maximum absolute atomic E-state index is 6.19. The van der Waals surface area contributed by atoms with Gasteiger partial charge in [-0.3, -0.25) is 9.47 Å². The zero-order valence-corrected chi connectivity index (χ0v) is 12.2. The Hall–Kier alpha value is -1.89. The van der Waals surface area contributed by atoms with E-state index in [1.54, 1.807) is 7.11 Å². The van der Waals surface area contributed by atoms with Crippen LogP contribution >= 0.6 is 0 Å². The van der Waals surface area contributed by atoms with Gasteiger partial charge in [0.05, 0.1) is 13.2 Å². The lowest BCUT2D eigenvalue weighted by Gasteiger charge is -2.33. The van der Waals surface area contributed by atoms with Gasteiger partial charge in [-0.1, -0.05) is 6.42 Å². The molecule has 7 nitrogen and oxygen atoms in total. The Balaban J connectivity index is 1.81. The zero-order valence-electron chi connectivity index (χ0n) is 12.2. The topological polar surface area (TPSA) is 82.1 Å². The van der Waals surface area contributed by atoms with Crippen LogP contribution in [-0.4, -0.2) is 50.7 Å². The van der Waals surface area contributed by atoms with Crippen LogP contribution in [0.3, 0.4) is 0 Å². The molecule has 2 aliphatic heterocycles. The first-order chi connectivity index (χ1) is 10.3. The van der Waals surface area contributed by atoms with Gasteiger partial charge in [0.2, 0.25) is 11.8 Å². The number of hydrogen-bond donors (Lipinski definition) is 1. The van der Waals surface area contributed by atoms with Gasteiger partial charge in [0.15, 0.2) is 11.2 Å².